The van der Waals surface area contributed by atoms with Crippen LogP contribution in [0.3, 0.4) is 0 Å². The minimum Gasteiger partial charge on any atom is -0.480 e. The predicted molar refractivity (Wildman–Crippen MR) is 122 cm³/mol. The molecule has 0 bridgehead atoms. The lowest BCUT2D eigenvalue weighted by atomic mass is 9.98. The van der Waals surface area contributed by atoms with Crippen molar-refractivity contribution in [2.45, 2.75) is 32.4 Å². The highest BCUT2D eigenvalue weighted by Gasteiger charge is 2.29. The summed E-state index contributed by atoms with van der Waals surface area (Å²) >= 11 is 0. The molecule has 2 aromatic carbocycles. The number of fused-ring (bicyclic) bond motifs is 3. The first-order valence-corrected chi connectivity index (χ1v) is 10.9. The highest BCUT2D eigenvalue weighted by Crippen LogP contribution is 2.44. The van der Waals surface area contributed by atoms with Crippen molar-refractivity contribution in [1.29, 1.82) is 0 Å². The van der Waals surface area contributed by atoms with E-state index in [-0.39, 0.29) is 36.4 Å². The first kappa shape index (κ1) is 23.0. The number of hydrogen-bond acceptors (Lipinski definition) is 6. The largest absolute Gasteiger partial charge is 0.480 e. The van der Waals surface area contributed by atoms with Gasteiger partial charge in [-0.3, -0.25) is 4.79 Å². The predicted octanol–water partition coefficient (Wildman–Crippen LogP) is 3.55. The Labute approximate surface area is 196 Å². The third-order valence-electron chi connectivity index (χ3n) is 5.76. The molecule has 1 heterocycles. The fourth-order valence-corrected chi connectivity index (χ4v) is 4.04. The zero-order valence-corrected chi connectivity index (χ0v) is 18.8. The third-order valence-corrected chi connectivity index (χ3v) is 5.76. The number of carbonyl (C=O) groups is 3. The number of carboxylic acid groups (broad SMARTS) is 1. The lowest BCUT2D eigenvalue weighted by Gasteiger charge is -2.16. The van der Waals surface area contributed by atoms with Crippen molar-refractivity contribution in [2.24, 2.45) is 5.92 Å². The van der Waals surface area contributed by atoms with Gasteiger partial charge in [-0.25, -0.2) is 9.59 Å². The second-order valence-corrected chi connectivity index (χ2v) is 8.39. The van der Waals surface area contributed by atoms with Gasteiger partial charge in [0.05, 0.1) is 6.54 Å². The number of amides is 2. The number of carboxylic acids is 1. The molecule has 0 spiro atoms. The highest BCUT2D eigenvalue weighted by atomic mass is 16.5. The van der Waals surface area contributed by atoms with E-state index in [9.17, 15) is 19.5 Å². The highest BCUT2D eigenvalue weighted by molar-refractivity contribution is 5.95. The van der Waals surface area contributed by atoms with E-state index >= 15 is 0 Å². The van der Waals surface area contributed by atoms with Crippen LogP contribution in [0.1, 0.15) is 47.1 Å². The van der Waals surface area contributed by atoms with Crippen LogP contribution < -0.4 is 10.6 Å². The number of rotatable bonds is 8. The molecule has 0 aliphatic heterocycles. The quantitative estimate of drug-likeness (QED) is 0.466. The van der Waals surface area contributed by atoms with Crippen LogP contribution in [0.5, 0.6) is 0 Å². The first-order valence-electron chi connectivity index (χ1n) is 10.9. The average Bonchev–Trinajstić information content (AvgIpc) is 3.42. The van der Waals surface area contributed by atoms with E-state index in [4.69, 9.17) is 9.26 Å². The number of nitrogens with one attached hydrogen (secondary N) is 2. The fourth-order valence-electron chi connectivity index (χ4n) is 4.04. The number of benzene rings is 2. The van der Waals surface area contributed by atoms with Crippen LogP contribution in [0.4, 0.5) is 4.79 Å². The molecule has 34 heavy (non-hydrogen) atoms. The number of carbonyl (C=O) groups excluding carboxylic acids is 2. The number of alkyl carbamates (subject to hydrolysis) is 1. The minimum atomic E-state index is -1.14. The topological polar surface area (TPSA) is 131 Å². The van der Waals surface area contributed by atoms with Gasteiger partial charge in [0.1, 0.15) is 12.6 Å². The maximum absolute atomic E-state index is 12.3. The second-order valence-electron chi connectivity index (χ2n) is 8.39. The summed E-state index contributed by atoms with van der Waals surface area (Å²) in [5, 5.41) is 17.8. The Morgan fingerprint density at radius 2 is 1.68 bits per heavy atom. The van der Waals surface area contributed by atoms with Gasteiger partial charge in [-0.15, -0.1) is 0 Å². The van der Waals surface area contributed by atoms with Crippen LogP contribution in [-0.4, -0.2) is 40.9 Å². The summed E-state index contributed by atoms with van der Waals surface area (Å²) in [5.41, 5.74) is 4.44. The molecular formula is C25H25N3O6. The summed E-state index contributed by atoms with van der Waals surface area (Å²) in [4.78, 5) is 35.8. The number of aliphatic carboxylic acids is 1. The Morgan fingerprint density at radius 1 is 1.06 bits per heavy atom. The van der Waals surface area contributed by atoms with E-state index in [1.54, 1.807) is 13.8 Å². The summed E-state index contributed by atoms with van der Waals surface area (Å²) in [6.45, 7) is 3.51. The van der Waals surface area contributed by atoms with Gasteiger partial charge < -0.3 is 25.0 Å². The Balaban J connectivity index is 1.31. The van der Waals surface area contributed by atoms with Crippen molar-refractivity contribution in [1.82, 2.24) is 15.8 Å². The zero-order valence-electron chi connectivity index (χ0n) is 18.8. The first-order chi connectivity index (χ1) is 16.3. The molecule has 3 N–H and O–H groups in total. The smallest absolute Gasteiger partial charge is 0.407 e. The SMILES string of the molecule is CC(C)[C@@H](NC(=O)c1cc(CNC(=O)OCC2c3ccccc3-c3ccccc32)on1)C(=O)O. The molecule has 0 saturated heterocycles. The number of nitrogens with zero attached hydrogens (tertiary/aromatic N) is 1. The molecular weight excluding hydrogens is 438 g/mol. The monoisotopic (exact) mass is 463 g/mol. The second kappa shape index (κ2) is 9.78. The van der Waals surface area contributed by atoms with Crippen molar-refractivity contribution < 1.29 is 28.8 Å². The minimum absolute atomic E-state index is 0.0382. The Bertz CT molecular complexity index is 1170. The summed E-state index contributed by atoms with van der Waals surface area (Å²) in [6, 6.07) is 16.4. The molecule has 0 saturated carbocycles. The van der Waals surface area contributed by atoms with Gasteiger partial charge in [-0.1, -0.05) is 67.5 Å². The van der Waals surface area contributed by atoms with Crippen LogP contribution >= 0.6 is 0 Å². The molecule has 0 fully saturated rings. The fraction of sp³-hybridized carbons (Fsp3) is 0.280. The molecule has 1 atom stereocenters. The van der Waals surface area contributed by atoms with Crippen molar-refractivity contribution in [2.75, 3.05) is 6.61 Å². The molecule has 1 aliphatic carbocycles. The van der Waals surface area contributed by atoms with Crippen molar-refractivity contribution in [3.05, 3.63) is 77.2 Å². The summed E-state index contributed by atoms with van der Waals surface area (Å²) < 4.78 is 10.5. The third kappa shape index (κ3) is 4.78. The summed E-state index contributed by atoms with van der Waals surface area (Å²) in [7, 11) is 0. The molecule has 9 heteroatoms. The van der Waals surface area contributed by atoms with Crippen molar-refractivity contribution in [3.8, 4) is 11.1 Å². The normalized spacial score (nSPS) is 13.1. The van der Waals surface area contributed by atoms with Crippen LogP contribution in [-0.2, 0) is 16.1 Å². The summed E-state index contributed by atoms with van der Waals surface area (Å²) in [6.07, 6.45) is -0.630. The Morgan fingerprint density at radius 3 is 2.26 bits per heavy atom. The van der Waals surface area contributed by atoms with E-state index in [0.717, 1.165) is 22.3 Å². The van der Waals surface area contributed by atoms with Gasteiger partial charge in [0.2, 0.25) is 0 Å². The van der Waals surface area contributed by atoms with E-state index in [1.807, 2.05) is 36.4 Å². The molecule has 1 aliphatic rings. The lowest BCUT2D eigenvalue weighted by molar-refractivity contribution is -0.140. The van der Waals surface area contributed by atoms with Gasteiger partial charge in [-0.05, 0) is 28.2 Å². The van der Waals surface area contributed by atoms with Gasteiger partial charge >= 0.3 is 12.1 Å². The number of ether oxygens (including phenoxy) is 1. The molecule has 2 amide bonds. The number of hydrogen-bond donors (Lipinski definition) is 3. The van der Waals surface area contributed by atoms with Gasteiger partial charge in [-0.2, -0.15) is 0 Å². The molecule has 3 aromatic rings. The van der Waals surface area contributed by atoms with Crippen LogP contribution in [0.25, 0.3) is 11.1 Å². The lowest BCUT2D eigenvalue weighted by Crippen LogP contribution is -2.44. The molecule has 176 valence electrons. The molecule has 0 unspecified atom stereocenters. The maximum atomic E-state index is 12.3. The Hall–Kier alpha value is -4.14. The molecule has 1 aromatic heterocycles. The average molecular weight is 463 g/mol. The maximum Gasteiger partial charge on any atom is 0.407 e. The summed E-state index contributed by atoms with van der Waals surface area (Å²) in [5.74, 6) is -1.93. The van der Waals surface area contributed by atoms with Gasteiger partial charge in [0.25, 0.3) is 5.91 Å². The van der Waals surface area contributed by atoms with E-state index in [1.165, 1.54) is 6.07 Å². The van der Waals surface area contributed by atoms with Gasteiger partial charge in [0, 0.05) is 12.0 Å². The standard InChI is InChI=1S/C25H25N3O6/c1-14(2)22(24(30)31)27-23(29)21-11-15(34-28-21)12-26-25(32)33-13-20-18-9-5-3-7-16(18)17-8-4-6-10-19(17)20/h3-11,14,20,22H,12-13H2,1-2H3,(H,26,32)(H,27,29)(H,30,31)/t22-/m1/s1. The Kier molecular flexibility index (Phi) is 6.62. The van der Waals surface area contributed by atoms with Crippen LogP contribution in [0.15, 0.2) is 59.1 Å². The molecule has 4 rings (SSSR count). The van der Waals surface area contributed by atoms with E-state index in [0.29, 0.717) is 0 Å². The molecule has 9 nitrogen and oxygen atoms in total. The van der Waals surface area contributed by atoms with Crippen LogP contribution in [0, 0.1) is 5.92 Å². The van der Waals surface area contributed by atoms with Crippen molar-refractivity contribution in [3.63, 3.8) is 0 Å². The van der Waals surface area contributed by atoms with E-state index < -0.39 is 24.0 Å². The van der Waals surface area contributed by atoms with Crippen LogP contribution in [0.2, 0.25) is 0 Å². The van der Waals surface area contributed by atoms with Gasteiger partial charge in [0.15, 0.2) is 11.5 Å². The zero-order chi connectivity index (χ0) is 24.2. The number of aromatic nitrogens is 1. The van der Waals surface area contributed by atoms with Crippen molar-refractivity contribution >= 4 is 18.0 Å². The van der Waals surface area contributed by atoms with E-state index in [2.05, 4.69) is 27.9 Å². The molecule has 0 radical (unpaired) electrons.